The Kier molecular flexibility index (Phi) is 2.41. The van der Waals surface area contributed by atoms with Gasteiger partial charge in [0.25, 0.3) is 0 Å². The molecule has 0 fully saturated rings. The smallest absolute Gasteiger partial charge is 0.191 e. The van der Waals surface area contributed by atoms with Gasteiger partial charge in [-0.25, -0.2) is 0 Å². The normalized spacial score (nSPS) is 13.3. The summed E-state index contributed by atoms with van der Waals surface area (Å²) in [5, 5.41) is 5.13. The zero-order valence-electron chi connectivity index (χ0n) is 7.61. The summed E-state index contributed by atoms with van der Waals surface area (Å²) < 4.78 is 62.2. The first-order valence-corrected chi connectivity index (χ1v) is 5.04. The van der Waals surface area contributed by atoms with Crippen molar-refractivity contribution in [3.63, 3.8) is 0 Å². The summed E-state index contributed by atoms with van der Waals surface area (Å²) in [6.07, 6.45) is -5.57. The summed E-state index contributed by atoms with van der Waals surface area (Å²) in [7, 11) is 0. The molecule has 0 atom stereocenters. The van der Waals surface area contributed by atoms with Gasteiger partial charge in [0.1, 0.15) is 0 Å². The van der Waals surface area contributed by atoms with Crippen LogP contribution in [-0.2, 0) is 5.92 Å². The lowest BCUT2D eigenvalue weighted by atomic mass is 10.1. The second-order valence-electron chi connectivity index (χ2n) is 3.21. The van der Waals surface area contributed by atoms with Gasteiger partial charge >= 0.3 is 12.1 Å². The molecule has 1 radical (unpaired) electrons. The van der Waals surface area contributed by atoms with Gasteiger partial charge in [-0.3, -0.25) is 0 Å². The molecular formula is C10H4F5S. The van der Waals surface area contributed by atoms with Crippen LogP contribution in [0.25, 0.3) is 10.8 Å². The van der Waals surface area contributed by atoms with Crippen LogP contribution in [0.5, 0.6) is 0 Å². The molecule has 6 heteroatoms. The Morgan fingerprint density at radius 3 is 2.38 bits per heavy atom. The number of fused-ring (bicyclic) bond motifs is 1. The van der Waals surface area contributed by atoms with Gasteiger partial charge in [0.2, 0.25) is 0 Å². The Balaban J connectivity index is 2.54. The largest absolute Gasteiger partial charge is 0.458 e. The number of rotatable bonds is 1. The molecule has 0 aliphatic rings. The van der Waals surface area contributed by atoms with Crippen LogP contribution in [0.2, 0.25) is 0 Å². The van der Waals surface area contributed by atoms with Gasteiger partial charge in [-0.1, -0.05) is 12.1 Å². The highest BCUT2D eigenvalue weighted by Crippen LogP contribution is 2.44. The Morgan fingerprint density at radius 2 is 1.75 bits per heavy atom. The molecule has 85 valence electrons. The minimum Gasteiger partial charge on any atom is -0.191 e. The molecule has 2 rings (SSSR count). The molecule has 16 heavy (non-hydrogen) atoms. The lowest BCUT2D eigenvalue weighted by molar-refractivity contribution is -0.289. The summed E-state index contributed by atoms with van der Waals surface area (Å²) in [6, 6.07) is 2.84. The van der Waals surface area contributed by atoms with E-state index in [4.69, 9.17) is 0 Å². The highest BCUT2D eigenvalue weighted by Gasteiger charge is 2.58. The maximum absolute atomic E-state index is 13.0. The van der Waals surface area contributed by atoms with E-state index in [1.54, 1.807) is 5.38 Å². The van der Waals surface area contributed by atoms with E-state index in [0.717, 1.165) is 23.5 Å². The first-order valence-electron chi connectivity index (χ1n) is 4.16. The average molecular weight is 251 g/mol. The van der Waals surface area contributed by atoms with Crippen molar-refractivity contribution in [3.8, 4) is 0 Å². The molecule has 0 bridgehead atoms. The maximum atomic E-state index is 13.0. The van der Waals surface area contributed by atoms with Gasteiger partial charge in [0, 0.05) is 10.9 Å². The monoisotopic (exact) mass is 251 g/mol. The van der Waals surface area contributed by atoms with Crippen LogP contribution in [0.1, 0.15) is 5.56 Å². The zero-order chi connectivity index (χ0) is 12.0. The third-order valence-corrected chi connectivity index (χ3v) is 2.84. The van der Waals surface area contributed by atoms with Crippen molar-refractivity contribution in [1.29, 1.82) is 0 Å². The molecule has 1 aromatic carbocycles. The Morgan fingerprint density at radius 1 is 1.06 bits per heavy atom. The molecular weight excluding hydrogens is 247 g/mol. The third kappa shape index (κ3) is 1.67. The van der Waals surface area contributed by atoms with E-state index in [1.807, 2.05) is 0 Å². The van der Waals surface area contributed by atoms with Crippen LogP contribution < -0.4 is 0 Å². The van der Waals surface area contributed by atoms with Crippen molar-refractivity contribution >= 4 is 22.1 Å². The molecule has 0 unspecified atom stereocenters. The second-order valence-corrected chi connectivity index (χ2v) is 3.89. The predicted molar refractivity (Wildman–Crippen MR) is 50.6 cm³/mol. The first kappa shape index (κ1) is 11.3. The van der Waals surface area contributed by atoms with Gasteiger partial charge in [0.05, 0.1) is 5.38 Å². The van der Waals surface area contributed by atoms with Crippen LogP contribution in [-0.4, -0.2) is 6.18 Å². The molecule has 1 aromatic heterocycles. The van der Waals surface area contributed by atoms with Gasteiger partial charge in [0.15, 0.2) is 0 Å². The number of halogens is 5. The third-order valence-electron chi connectivity index (χ3n) is 2.13. The maximum Gasteiger partial charge on any atom is 0.458 e. The highest BCUT2D eigenvalue weighted by atomic mass is 32.1. The lowest BCUT2D eigenvalue weighted by Gasteiger charge is -2.19. The van der Waals surface area contributed by atoms with Crippen LogP contribution in [0.4, 0.5) is 22.0 Å². The van der Waals surface area contributed by atoms with Crippen LogP contribution in [0.15, 0.2) is 23.6 Å². The zero-order valence-corrected chi connectivity index (χ0v) is 8.42. The Labute approximate surface area is 91.3 Å². The minimum absolute atomic E-state index is 0.270. The molecule has 1 heterocycles. The van der Waals surface area contributed by atoms with E-state index in [0.29, 0.717) is 5.39 Å². The average Bonchev–Trinajstić information content (AvgIpc) is 2.61. The Bertz CT molecular complexity index is 511. The van der Waals surface area contributed by atoms with E-state index in [-0.39, 0.29) is 5.39 Å². The molecule has 0 spiro atoms. The number of hydrogen-bond donors (Lipinski definition) is 0. The summed E-state index contributed by atoms with van der Waals surface area (Å²) in [5.41, 5.74) is -1.05. The summed E-state index contributed by atoms with van der Waals surface area (Å²) in [4.78, 5) is 0. The lowest BCUT2D eigenvalue weighted by Crippen LogP contribution is -2.33. The standard InChI is InChI=1S/C10H4F5S/c11-9(12,10(13,14)15)8-2-1-6-4-16-5-7(6)3-8/h1-4H. The van der Waals surface area contributed by atoms with Crippen molar-refractivity contribution in [1.82, 2.24) is 0 Å². The fourth-order valence-electron chi connectivity index (χ4n) is 1.26. The van der Waals surface area contributed by atoms with Crippen molar-refractivity contribution < 1.29 is 22.0 Å². The highest BCUT2D eigenvalue weighted by molar-refractivity contribution is 7.08. The van der Waals surface area contributed by atoms with E-state index < -0.39 is 17.7 Å². The van der Waals surface area contributed by atoms with E-state index in [2.05, 4.69) is 5.38 Å². The van der Waals surface area contributed by atoms with Crippen molar-refractivity contribution in [3.05, 3.63) is 34.5 Å². The van der Waals surface area contributed by atoms with Crippen LogP contribution in [0.3, 0.4) is 0 Å². The van der Waals surface area contributed by atoms with Gasteiger partial charge < -0.3 is 0 Å². The van der Waals surface area contributed by atoms with Crippen LogP contribution >= 0.6 is 11.3 Å². The Hall–Kier alpha value is -1.17. The van der Waals surface area contributed by atoms with E-state index >= 15 is 0 Å². The summed E-state index contributed by atoms with van der Waals surface area (Å²) in [5.74, 6) is -4.82. The topological polar surface area (TPSA) is 0 Å². The minimum atomic E-state index is -5.57. The van der Waals surface area contributed by atoms with E-state index in [1.165, 1.54) is 6.07 Å². The van der Waals surface area contributed by atoms with Crippen LogP contribution in [0, 0.1) is 5.38 Å². The molecule has 0 aliphatic carbocycles. The second kappa shape index (κ2) is 3.41. The molecule has 0 aliphatic heterocycles. The van der Waals surface area contributed by atoms with E-state index in [9.17, 15) is 22.0 Å². The van der Waals surface area contributed by atoms with Crippen molar-refractivity contribution in [2.75, 3.05) is 0 Å². The molecule has 0 amide bonds. The molecule has 0 saturated heterocycles. The van der Waals surface area contributed by atoms with Crippen molar-refractivity contribution in [2.24, 2.45) is 0 Å². The SMILES string of the molecule is FC(F)(F)C(F)(F)c1ccc2cs[c]c2c1. The molecule has 0 N–H and O–H groups in total. The van der Waals surface area contributed by atoms with Gasteiger partial charge in [-0.05, 0) is 16.8 Å². The van der Waals surface area contributed by atoms with Gasteiger partial charge in [-0.2, -0.15) is 22.0 Å². The quantitative estimate of drug-likeness (QED) is 0.661. The van der Waals surface area contributed by atoms with Gasteiger partial charge in [-0.15, -0.1) is 11.3 Å². The predicted octanol–water partition coefficient (Wildman–Crippen LogP) is 4.36. The fraction of sp³-hybridized carbons (Fsp3) is 0.200. The summed E-state index contributed by atoms with van der Waals surface area (Å²) >= 11 is 1.13. The number of thiophene rings is 1. The number of benzene rings is 1. The number of hydrogen-bond acceptors (Lipinski definition) is 1. The number of alkyl halides is 5. The van der Waals surface area contributed by atoms with Crippen molar-refractivity contribution in [2.45, 2.75) is 12.1 Å². The first-order chi connectivity index (χ1) is 7.32. The summed E-state index contributed by atoms with van der Waals surface area (Å²) in [6.45, 7) is 0. The fourth-order valence-corrected chi connectivity index (χ4v) is 1.96. The molecule has 2 aromatic rings. The molecule has 0 nitrogen and oxygen atoms in total. The molecule has 0 saturated carbocycles.